The summed E-state index contributed by atoms with van der Waals surface area (Å²) < 4.78 is 1.67. The van der Waals surface area contributed by atoms with E-state index in [0.717, 1.165) is 17.5 Å². The monoisotopic (exact) mass is 351 g/mol. The molecule has 1 aromatic carbocycles. The van der Waals surface area contributed by atoms with Crippen molar-refractivity contribution in [1.82, 2.24) is 19.7 Å². The molecular formula is C15H15Cl2N5O. The second-order valence-electron chi connectivity index (χ2n) is 5.05. The van der Waals surface area contributed by atoms with Crippen molar-refractivity contribution in [3.8, 4) is 5.69 Å². The fourth-order valence-corrected chi connectivity index (χ4v) is 2.53. The zero-order valence-electron chi connectivity index (χ0n) is 12.4. The molecule has 0 fully saturated rings. The Morgan fingerprint density at radius 3 is 2.78 bits per heavy atom. The fraction of sp³-hybridized carbons (Fsp3) is 0.267. The number of aliphatic hydroxyl groups is 1. The van der Waals surface area contributed by atoms with E-state index in [-0.39, 0.29) is 12.6 Å². The molecule has 23 heavy (non-hydrogen) atoms. The average molecular weight is 352 g/mol. The maximum absolute atomic E-state index is 9.35. The summed E-state index contributed by atoms with van der Waals surface area (Å²) in [6.45, 7) is 2.02. The Balaban J connectivity index is 2.05. The van der Waals surface area contributed by atoms with Crippen molar-refractivity contribution in [2.75, 3.05) is 11.9 Å². The molecule has 8 heteroatoms. The molecule has 6 nitrogen and oxygen atoms in total. The summed E-state index contributed by atoms with van der Waals surface area (Å²) in [5.74, 6) is 0.641. The molecule has 0 aliphatic heterocycles. The fourth-order valence-electron chi connectivity index (χ4n) is 2.24. The quantitative estimate of drug-likeness (QED) is 0.737. The molecule has 0 aliphatic carbocycles. The van der Waals surface area contributed by atoms with Gasteiger partial charge in [0.25, 0.3) is 0 Å². The van der Waals surface area contributed by atoms with Crippen LogP contribution < -0.4 is 5.32 Å². The number of rotatable bonds is 5. The lowest BCUT2D eigenvalue weighted by molar-refractivity contribution is 0.271. The Morgan fingerprint density at radius 2 is 2.09 bits per heavy atom. The van der Waals surface area contributed by atoms with Crippen LogP contribution >= 0.6 is 23.2 Å². The van der Waals surface area contributed by atoms with Crippen molar-refractivity contribution < 1.29 is 5.11 Å². The van der Waals surface area contributed by atoms with E-state index >= 15 is 0 Å². The number of aromatic nitrogens is 4. The van der Waals surface area contributed by atoms with Crippen molar-refractivity contribution in [3.63, 3.8) is 0 Å². The Kier molecular flexibility index (Phi) is 4.66. The van der Waals surface area contributed by atoms with Crippen LogP contribution in [0.25, 0.3) is 16.7 Å². The number of aliphatic hydroxyl groups excluding tert-OH is 1. The smallest absolute Gasteiger partial charge is 0.168 e. The molecule has 0 amide bonds. The van der Waals surface area contributed by atoms with Crippen LogP contribution in [0.15, 0.2) is 30.7 Å². The van der Waals surface area contributed by atoms with Crippen LogP contribution in [0.5, 0.6) is 0 Å². The van der Waals surface area contributed by atoms with Gasteiger partial charge in [-0.05, 0) is 24.6 Å². The zero-order chi connectivity index (χ0) is 16.4. The lowest BCUT2D eigenvalue weighted by Crippen LogP contribution is -2.23. The largest absolute Gasteiger partial charge is 0.394 e. The van der Waals surface area contributed by atoms with Crippen LogP contribution in [-0.4, -0.2) is 37.5 Å². The summed E-state index contributed by atoms with van der Waals surface area (Å²) in [4.78, 5) is 8.55. The number of halogens is 2. The maximum atomic E-state index is 9.35. The van der Waals surface area contributed by atoms with Gasteiger partial charge in [0, 0.05) is 0 Å². The van der Waals surface area contributed by atoms with E-state index in [4.69, 9.17) is 23.2 Å². The van der Waals surface area contributed by atoms with E-state index in [1.54, 1.807) is 23.0 Å². The van der Waals surface area contributed by atoms with Crippen LogP contribution in [0.4, 0.5) is 5.82 Å². The highest BCUT2D eigenvalue weighted by atomic mass is 35.5. The standard InChI is InChI=1S/C15H15Cl2N5O/c1-2-9(7-23)21-14-11-6-20-22(15(11)19-8-18-14)10-3-4-12(16)13(17)5-10/h3-6,8-9,23H,2,7H2,1H3,(H,18,19,21). The highest BCUT2D eigenvalue weighted by Crippen LogP contribution is 2.27. The van der Waals surface area contributed by atoms with E-state index in [1.807, 2.05) is 13.0 Å². The minimum atomic E-state index is -0.0681. The van der Waals surface area contributed by atoms with Gasteiger partial charge in [-0.3, -0.25) is 0 Å². The lowest BCUT2D eigenvalue weighted by Gasteiger charge is -2.14. The number of nitrogens with one attached hydrogen (secondary N) is 1. The van der Waals surface area contributed by atoms with Crippen molar-refractivity contribution in [2.45, 2.75) is 19.4 Å². The third-order valence-corrected chi connectivity index (χ3v) is 4.31. The lowest BCUT2D eigenvalue weighted by atomic mass is 10.2. The summed E-state index contributed by atoms with van der Waals surface area (Å²) in [6.07, 6.45) is 3.93. The minimum Gasteiger partial charge on any atom is -0.394 e. The van der Waals surface area contributed by atoms with Gasteiger partial charge in [-0.25, -0.2) is 14.6 Å². The van der Waals surface area contributed by atoms with Gasteiger partial charge < -0.3 is 10.4 Å². The zero-order valence-corrected chi connectivity index (χ0v) is 13.9. The molecule has 1 atom stereocenters. The first-order chi connectivity index (χ1) is 11.1. The summed E-state index contributed by atoms with van der Waals surface area (Å²) in [7, 11) is 0. The minimum absolute atomic E-state index is 0.0307. The molecule has 0 aliphatic rings. The van der Waals surface area contributed by atoms with Gasteiger partial charge in [0.1, 0.15) is 12.1 Å². The highest BCUT2D eigenvalue weighted by Gasteiger charge is 2.14. The number of hydrogen-bond donors (Lipinski definition) is 2. The first-order valence-corrected chi connectivity index (χ1v) is 7.91. The first kappa shape index (κ1) is 16.0. The molecule has 1 unspecified atom stereocenters. The van der Waals surface area contributed by atoms with Gasteiger partial charge in [-0.15, -0.1) is 0 Å². The van der Waals surface area contributed by atoms with Gasteiger partial charge in [0.05, 0.1) is 40.0 Å². The molecule has 3 aromatic rings. The normalized spacial score (nSPS) is 12.5. The van der Waals surface area contributed by atoms with E-state index in [9.17, 15) is 5.11 Å². The Morgan fingerprint density at radius 1 is 1.26 bits per heavy atom. The van der Waals surface area contributed by atoms with Crippen molar-refractivity contribution >= 4 is 40.1 Å². The van der Waals surface area contributed by atoms with Gasteiger partial charge in [-0.2, -0.15) is 5.10 Å². The third-order valence-electron chi connectivity index (χ3n) is 3.57. The number of anilines is 1. The molecule has 2 N–H and O–H groups in total. The number of nitrogens with zero attached hydrogens (tertiary/aromatic N) is 4. The predicted molar refractivity (Wildman–Crippen MR) is 91.5 cm³/mol. The molecule has 0 saturated heterocycles. The van der Waals surface area contributed by atoms with Gasteiger partial charge in [0.2, 0.25) is 0 Å². The summed E-state index contributed by atoms with van der Waals surface area (Å²) >= 11 is 12.0. The molecule has 2 heterocycles. The van der Waals surface area contributed by atoms with Crippen LogP contribution in [0.1, 0.15) is 13.3 Å². The van der Waals surface area contributed by atoms with Gasteiger partial charge in [0.15, 0.2) is 5.65 Å². The van der Waals surface area contributed by atoms with E-state index in [2.05, 4.69) is 20.4 Å². The number of fused-ring (bicyclic) bond motifs is 1. The van der Waals surface area contributed by atoms with E-state index in [1.165, 1.54) is 6.33 Å². The molecular weight excluding hydrogens is 337 g/mol. The summed E-state index contributed by atoms with van der Waals surface area (Å²) in [6, 6.07) is 5.19. The Labute approximate surface area is 143 Å². The number of benzene rings is 1. The predicted octanol–water partition coefficient (Wildman–Crippen LogP) is 3.31. The number of hydrogen-bond acceptors (Lipinski definition) is 5. The highest BCUT2D eigenvalue weighted by molar-refractivity contribution is 6.42. The van der Waals surface area contributed by atoms with Crippen molar-refractivity contribution in [3.05, 3.63) is 40.8 Å². The summed E-state index contributed by atoms with van der Waals surface area (Å²) in [5.41, 5.74) is 1.40. The van der Waals surface area contributed by atoms with E-state index in [0.29, 0.717) is 21.5 Å². The van der Waals surface area contributed by atoms with Gasteiger partial charge in [-0.1, -0.05) is 30.1 Å². The first-order valence-electron chi connectivity index (χ1n) is 7.15. The van der Waals surface area contributed by atoms with Crippen molar-refractivity contribution in [2.24, 2.45) is 0 Å². The van der Waals surface area contributed by atoms with Crippen LogP contribution in [0, 0.1) is 0 Å². The molecule has 0 spiro atoms. The topological polar surface area (TPSA) is 75.9 Å². The molecule has 120 valence electrons. The average Bonchev–Trinajstić information content (AvgIpc) is 3.00. The van der Waals surface area contributed by atoms with Gasteiger partial charge >= 0.3 is 0 Å². The van der Waals surface area contributed by atoms with Crippen molar-refractivity contribution in [1.29, 1.82) is 0 Å². The van der Waals surface area contributed by atoms with Crippen LogP contribution in [0.2, 0.25) is 10.0 Å². The van der Waals surface area contributed by atoms with E-state index < -0.39 is 0 Å². The van der Waals surface area contributed by atoms with Crippen LogP contribution in [0.3, 0.4) is 0 Å². The second kappa shape index (κ2) is 6.70. The SMILES string of the molecule is CCC(CO)Nc1ncnc2c1cnn2-c1ccc(Cl)c(Cl)c1. The Bertz CT molecular complexity index is 832. The summed E-state index contributed by atoms with van der Waals surface area (Å²) in [5, 5.41) is 18.6. The van der Waals surface area contributed by atoms with Crippen LogP contribution in [-0.2, 0) is 0 Å². The molecule has 0 radical (unpaired) electrons. The molecule has 2 aromatic heterocycles. The Hall–Kier alpha value is -1.89. The second-order valence-corrected chi connectivity index (χ2v) is 5.86. The maximum Gasteiger partial charge on any atom is 0.168 e. The molecule has 3 rings (SSSR count). The molecule has 0 saturated carbocycles. The third kappa shape index (κ3) is 3.10. The molecule has 0 bridgehead atoms.